The maximum Gasteiger partial charge on any atom is 0.241 e. The van der Waals surface area contributed by atoms with E-state index in [4.69, 9.17) is 5.73 Å². The molecule has 0 aliphatic carbocycles. The van der Waals surface area contributed by atoms with E-state index in [2.05, 4.69) is 10.3 Å². The van der Waals surface area contributed by atoms with E-state index in [0.717, 1.165) is 11.4 Å². The lowest BCUT2D eigenvalue weighted by molar-refractivity contribution is -0.117. The Morgan fingerprint density at radius 2 is 2.21 bits per heavy atom. The van der Waals surface area contributed by atoms with Gasteiger partial charge in [0.1, 0.15) is 0 Å². The average molecular weight is 236 g/mol. The van der Waals surface area contributed by atoms with Crippen LogP contribution in [-0.4, -0.2) is 16.9 Å². The van der Waals surface area contributed by atoms with Gasteiger partial charge in [0, 0.05) is 12.6 Å². The monoisotopic (exact) mass is 235 g/mol. The number of carbonyl (C=O) groups excluding carboxylic acids is 1. The first kappa shape index (κ1) is 13.2. The molecule has 14 heavy (non-hydrogen) atoms. The fourth-order valence-corrected chi connectivity index (χ4v) is 1.24. The largest absolute Gasteiger partial charge is 0.323 e. The maximum absolute atomic E-state index is 11.1. The minimum absolute atomic E-state index is 0. The van der Waals surface area contributed by atoms with Crippen molar-refractivity contribution in [1.82, 2.24) is 4.98 Å². The Labute approximate surface area is 94.1 Å². The van der Waals surface area contributed by atoms with Crippen LogP contribution in [0, 0.1) is 0 Å². The van der Waals surface area contributed by atoms with E-state index < -0.39 is 6.04 Å². The summed E-state index contributed by atoms with van der Waals surface area (Å²) in [6.07, 6.45) is 2.23. The fraction of sp³-hybridized carbons (Fsp3) is 0.250. The lowest BCUT2D eigenvalue weighted by atomic mass is 10.1. The number of fused-ring (bicyclic) bond motifs is 1. The predicted molar refractivity (Wildman–Crippen MR) is 59.0 cm³/mol. The van der Waals surface area contributed by atoms with Gasteiger partial charge < -0.3 is 11.1 Å². The van der Waals surface area contributed by atoms with Crippen LogP contribution in [0.4, 0.5) is 5.69 Å². The third-order valence-corrected chi connectivity index (χ3v) is 1.90. The molecule has 1 amide bonds. The number of halogens is 2. The molecule has 6 heteroatoms. The SMILES string of the molecule is Cl.Cl.NC1Cc2ncccc2NC1=O. The number of nitrogens with zero attached hydrogens (tertiary/aromatic N) is 1. The molecule has 1 atom stereocenters. The first-order valence-electron chi connectivity index (χ1n) is 3.78. The first-order chi connectivity index (χ1) is 5.77. The molecule has 0 radical (unpaired) electrons. The number of nitrogens with one attached hydrogen (secondary N) is 1. The van der Waals surface area contributed by atoms with Crippen LogP contribution < -0.4 is 11.1 Å². The van der Waals surface area contributed by atoms with Crippen LogP contribution in [0.25, 0.3) is 0 Å². The molecule has 1 aliphatic heterocycles. The highest BCUT2D eigenvalue weighted by Gasteiger charge is 2.22. The van der Waals surface area contributed by atoms with Gasteiger partial charge >= 0.3 is 0 Å². The van der Waals surface area contributed by atoms with Crippen LogP contribution in [-0.2, 0) is 11.2 Å². The zero-order valence-electron chi connectivity index (χ0n) is 7.27. The Morgan fingerprint density at radius 3 is 2.93 bits per heavy atom. The van der Waals surface area contributed by atoms with Crippen molar-refractivity contribution >= 4 is 36.4 Å². The normalized spacial score (nSPS) is 18.4. The lowest BCUT2D eigenvalue weighted by Crippen LogP contribution is -2.41. The molecular weight excluding hydrogens is 225 g/mol. The molecule has 78 valence electrons. The number of hydrogen-bond acceptors (Lipinski definition) is 3. The number of pyridine rings is 1. The molecule has 0 saturated carbocycles. The van der Waals surface area contributed by atoms with E-state index in [9.17, 15) is 4.79 Å². The highest BCUT2D eigenvalue weighted by Crippen LogP contribution is 2.18. The Balaban J connectivity index is 0.000000845. The molecule has 1 aromatic rings. The van der Waals surface area contributed by atoms with Crippen molar-refractivity contribution in [3.63, 3.8) is 0 Å². The van der Waals surface area contributed by atoms with E-state index in [-0.39, 0.29) is 30.7 Å². The van der Waals surface area contributed by atoms with Crippen molar-refractivity contribution in [2.75, 3.05) is 5.32 Å². The van der Waals surface area contributed by atoms with Crippen LogP contribution >= 0.6 is 24.8 Å². The Bertz CT molecular complexity index is 332. The molecule has 1 aliphatic rings. The lowest BCUT2D eigenvalue weighted by Gasteiger charge is -2.19. The third kappa shape index (κ3) is 2.35. The van der Waals surface area contributed by atoms with Crippen molar-refractivity contribution < 1.29 is 4.79 Å². The van der Waals surface area contributed by atoms with Crippen LogP contribution in [0.3, 0.4) is 0 Å². The molecular formula is C8H11Cl2N3O. The molecule has 2 rings (SSSR count). The van der Waals surface area contributed by atoms with Gasteiger partial charge in [-0.3, -0.25) is 9.78 Å². The van der Waals surface area contributed by atoms with Crippen LogP contribution in [0.15, 0.2) is 18.3 Å². The van der Waals surface area contributed by atoms with Gasteiger partial charge in [-0.1, -0.05) is 0 Å². The van der Waals surface area contributed by atoms with Gasteiger partial charge in [0.2, 0.25) is 5.91 Å². The first-order valence-corrected chi connectivity index (χ1v) is 3.78. The minimum atomic E-state index is -0.451. The quantitative estimate of drug-likeness (QED) is 0.698. The number of carbonyl (C=O) groups is 1. The van der Waals surface area contributed by atoms with Crippen molar-refractivity contribution in [2.24, 2.45) is 5.73 Å². The van der Waals surface area contributed by atoms with E-state index in [1.807, 2.05) is 6.07 Å². The zero-order valence-corrected chi connectivity index (χ0v) is 8.90. The summed E-state index contributed by atoms with van der Waals surface area (Å²) in [5, 5.41) is 2.68. The Kier molecular flexibility index (Phi) is 4.83. The summed E-state index contributed by atoms with van der Waals surface area (Å²) in [4.78, 5) is 15.2. The number of rotatable bonds is 0. The Morgan fingerprint density at radius 1 is 1.50 bits per heavy atom. The molecule has 4 nitrogen and oxygen atoms in total. The van der Waals surface area contributed by atoms with E-state index >= 15 is 0 Å². The van der Waals surface area contributed by atoms with Crippen molar-refractivity contribution in [3.8, 4) is 0 Å². The number of aromatic nitrogens is 1. The standard InChI is InChI=1S/C8H9N3O.2ClH/c9-5-4-7-6(11-8(5)12)2-1-3-10-7;;/h1-3,5H,4,9H2,(H,11,12);2*1H. The minimum Gasteiger partial charge on any atom is -0.323 e. The van der Waals surface area contributed by atoms with Crippen LogP contribution in [0.1, 0.15) is 5.69 Å². The summed E-state index contributed by atoms with van der Waals surface area (Å²) >= 11 is 0. The van der Waals surface area contributed by atoms with Gasteiger partial charge in [0.05, 0.1) is 17.4 Å². The highest BCUT2D eigenvalue weighted by molar-refractivity contribution is 5.97. The number of anilines is 1. The third-order valence-electron chi connectivity index (χ3n) is 1.90. The molecule has 3 N–H and O–H groups in total. The van der Waals surface area contributed by atoms with Crippen LogP contribution in [0.5, 0.6) is 0 Å². The van der Waals surface area contributed by atoms with Gasteiger partial charge in [-0.25, -0.2) is 0 Å². The summed E-state index contributed by atoms with van der Waals surface area (Å²) in [5.74, 6) is -0.129. The molecule has 0 fully saturated rings. The summed E-state index contributed by atoms with van der Waals surface area (Å²) in [6.45, 7) is 0. The topological polar surface area (TPSA) is 68.0 Å². The fourth-order valence-electron chi connectivity index (χ4n) is 1.24. The van der Waals surface area contributed by atoms with E-state index in [1.165, 1.54) is 0 Å². The van der Waals surface area contributed by atoms with Gasteiger partial charge in [0.15, 0.2) is 0 Å². The molecule has 2 heterocycles. The molecule has 1 aromatic heterocycles. The molecule has 0 spiro atoms. The second-order valence-electron chi connectivity index (χ2n) is 2.80. The summed E-state index contributed by atoms with van der Waals surface area (Å²) in [5.41, 5.74) is 7.19. The van der Waals surface area contributed by atoms with Crippen molar-refractivity contribution in [2.45, 2.75) is 12.5 Å². The summed E-state index contributed by atoms with van der Waals surface area (Å²) in [7, 11) is 0. The molecule has 1 unspecified atom stereocenters. The Hall–Kier alpha value is -0.840. The van der Waals surface area contributed by atoms with E-state index in [1.54, 1.807) is 12.3 Å². The highest BCUT2D eigenvalue weighted by atomic mass is 35.5. The van der Waals surface area contributed by atoms with Crippen LogP contribution in [0.2, 0.25) is 0 Å². The molecule has 0 bridgehead atoms. The van der Waals surface area contributed by atoms with Gasteiger partial charge in [-0.2, -0.15) is 0 Å². The second kappa shape index (κ2) is 5.14. The zero-order chi connectivity index (χ0) is 8.55. The summed E-state index contributed by atoms with van der Waals surface area (Å²) < 4.78 is 0. The van der Waals surface area contributed by atoms with Gasteiger partial charge in [-0.05, 0) is 12.1 Å². The van der Waals surface area contributed by atoms with E-state index in [0.29, 0.717) is 6.42 Å². The molecule has 0 saturated heterocycles. The smallest absolute Gasteiger partial charge is 0.241 e. The van der Waals surface area contributed by atoms with Crippen molar-refractivity contribution in [1.29, 1.82) is 0 Å². The molecule has 0 aromatic carbocycles. The maximum atomic E-state index is 11.1. The number of hydrogen-bond donors (Lipinski definition) is 2. The average Bonchev–Trinajstić information content (AvgIpc) is 2.07. The number of amides is 1. The van der Waals surface area contributed by atoms with Gasteiger partial charge in [0.25, 0.3) is 0 Å². The summed E-state index contributed by atoms with van der Waals surface area (Å²) in [6, 6.07) is 3.16. The van der Waals surface area contributed by atoms with Crippen molar-refractivity contribution in [3.05, 3.63) is 24.0 Å². The van der Waals surface area contributed by atoms with Gasteiger partial charge in [-0.15, -0.1) is 24.8 Å². The number of nitrogens with two attached hydrogens (primary N) is 1. The predicted octanol–water partition coefficient (Wildman–Crippen LogP) is 0.747. The second-order valence-corrected chi connectivity index (χ2v) is 2.80.